The zero-order valence-electron chi connectivity index (χ0n) is 9.78. The molecule has 16 heavy (non-hydrogen) atoms. The molecule has 2 N–H and O–H groups in total. The van der Waals surface area contributed by atoms with Gasteiger partial charge in [0.25, 0.3) is 0 Å². The van der Waals surface area contributed by atoms with Crippen LogP contribution in [0.25, 0.3) is 11.4 Å². The van der Waals surface area contributed by atoms with Crippen LogP contribution < -0.4 is 0 Å². The van der Waals surface area contributed by atoms with Crippen molar-refractivity contribution in [1.82, 2.24) is 9.97 Å². The van der Waals surface area contributed by atoms with E-state index < -0.39 is 0 Å². The minimum Gasteiger partial charge on any atom is -0.507 e. The number of para-hydroxylation sites is 1. The second-order valence-corrected chi connectivity index (χ2v) is 4.27. The lowest BCUT2D eigenvalue weighted by molar-refractivity contribution is 0.477. The number of aromatic nitrogens is 2. The highest BCUT2D eigenvalue weighted by Gasteiger charge is 2.13. The number of phenolic OH excluding ortho intramolecular Hbond substituents is 1. The molecule has 3 heteroatoms. The second-order valence-electron chi connectivity index (χ2n) is 4.27. The van der Waals surface area contributed by atoms with Crippen molar-refractivity contribution >= 4 is 0 Å². The van der Waals surface area contributed by atoms with Gasteiger partial charge in [-0.2, -0.15) is 0 Å². The third-order valence-corrected chi connectivity index (χ3v) is 2.63. The summed E-state index contributed by atoms with van der Waals surface area (Å²) in [7, 11) is 0. The van der Waals surface area contributed by atoms with Gasteiger partial charge in [-0.05, 0) is 25.0 Å². The summed E-state index contributed by atoms with van der Waals surface area (Å²) >= 11 is 0. The predicted molar refractivity (Wildman–Crippen MR) is 64.5 cm³/mol. The number of aromatic hydroxyl groups is 1. The largest absolute Gasteiger partial charge is 0.507 e. The minimum atomic E-state index is 0.256. The van der Waals surface area contributed by atoms with Gasteiger partial charge in [-0.25, -0.2) is 4.98 Å². The normalized spacial score (nSPS) is 11.0. The number of hydrogen-bond acceptors (Lipinski definition) is 2. The summed E-state index contributed by atoms with van der Waals surface area (Å²) in [6.07, 6.45) is 0. The Labute approximate surface area is 95.2 Å². The highest BCUT2D eigenvalue weighted by Crippen LogP contribution is 2.28. The first-order chi connectivity index (χ1) is 7.59. The average Bonchev–Trinajstić information content (AvgIpc) is 2.61. The second kappa shape index (κ2) is 4.00. The van der Waals surface area contributed by atoms with Crippen LogP contribution in [0.2, 0.25) is 0 Å². The number of benzene rings is 1. The molecule has 0 fully saturated rings. The molecule has 84 valence electrons. The first kappa shape index (κ1) is 10.7. The van der Waals surface area contributed by atoms with Crippen LogP contribution in [0.1, 0.15) is 31.2 Å². The highest BCUT2D eigenvalue weighted by molar-refractivity contribution is 5.64. The Kier molecular flexibility index (Phi) is 2.69. The van der Waals surface area contributed by atoms with Crippen LogP contribution in [0.4, 0.5) is 0 Å². The third kappa shape index (κ3) is 1.81. The summed E-state index contributed by atoms with van der Waals surface area (Å²) in [5.74, 6) is 1.38. The van der Waals surface area contributed by atoms with Crippen LogP contribution in [-0.2, 0) is 0 Å². The van der Waals surface area contributed by atoms with Gasteiger partial charge in [-0.3, -0.25) is 0 Å². The quantitative estimate of drug-likeness (QED) is 0.809. The molecular formula is C13H16N2O. The summed E-state index contributed by atoms with van der Waals surface area (Å²) in [6.45, 7) is 6.22. The molecule has 0 aliphatic heterocycles. The van der Waals surface area contributed by atoms with Crippen molar-refractivity contribution in [1.29, 1.82) is 0 Å². The van der Waals surface area contributed by atoms with Crippen LogP contribution in [0.3, 0.4) is 0 Å². The highest BCUT2D eigenvalue weighted by atomic mass is 16.3. The van der Waals surface area contributed by atoms with E-state index in [1.54, 1.807) is 12.1 Å². The van der Waals surface area contributed by atoms with E-state index in [1.165, 1.54) is 0 Å². The molecular weight excluding hydrogens is 200 g/mol. The standard InChI is InChI=1S/C13H16N2O/c1-8(2)12-9(3)14-13(15-12)10-6-4-5-7-11(10)16/h4-8,16H,1-3H3,(H,14,15). The third-order valence-electron chi connectivity index (χ3n) is 2.63. The Balaban J connectivity index is 2.50. The van der Waals surface area contributed by atoms with Gasteiger partial charge in [-0.15, -0.1) is 0 Å². The van der Waals surface area contributed by atoms with E-state index in [2.05, 4.69) is 23.8 Å². The minimum absolute atomic E-state index is 0.256. The van der Waals surface area contributed by atoms with Crippen LogP contribution in [0.15, 0.2) is 24.3 Å². The van der Waals surface area contributed by atoms with Crippen molar-refractivity contribution in [2.75, 3.05) is 0 Å². The topological polar surface area (TPSA) is 48.9 Å². The molecule has 1 aromatic heterocycles. The number of nitrogens with one attached hydrogen (secondary N) is 1. The molecule has 0 aliphatic rings. The van der Waals surface area contributed by atoms with Gasteiger partial charge in [-0.1, -0.05) is 26.0 Å². The Bertz CT molecular complexity index is 500. The van der Waals surface area contributed by atoms with E-state index in [9.17, 15) is 5.11 Å². The summed E-state index contributed by atoms with van der Waals surface area (Å²) in [5.41, 5.74) is 2.86. The zero-order valence-corrected chi connectivity index (χ0v) is 9.78. The van der Waals surface area contributed by atoms with Crippen molar-refractivity contribution in [2.24, 2.45) is 0 Å². The number of rotatable bonds is 2. The van der Waals surface area contributed by atoms with Crippen molar-refractivity contribution in [3.05, 3.63) is 35.7 Å². The van der Waals surface area contributed by atoms with Crippen LogP contribution in [0.5, 0.6) is 5.75 Å². The van der Waals surface area contributed by atoms with Crippen molar-refractivity contribution in [3.63, 3.8) is 0 Å². The average molecular weight is 216 g/mol. The van der Waals surface area contributed by atoms with Gasteiger partial charge < -0.3 is 10.1 Å². The van der Waals surface area contributed by atoms with E-state index in [4.69, 9.17) is 0 Å². The monoisotopic (exact) mass is 216 g/mol. The molecule has 0 radical (unpaired) electrons. The fraction of sp³-hybridized carbons (Fsp3) is 0.308. The molecule has 0 spiro atoms. The summed E-state index contributed by atoms with van der Waals surface area (Å²) in [5, 5.41) is 9.74. The maximum absolute atomic E-state index is 9.74. The van der Waals surface area contributed by atoms with E-state index >= 15 is 0 Å². The van der Waals surface area contributed by atoms with E-state index in [0.717, 1.165) is 22.8 Å². The molecule has 0 saturated heterocycles. The van der Waals surface area contributed by atoms with Crippen molar-refractivity contribution in [3.8, 4) is 17.1 Å². The molecule has 0 amide bonds. The van der Waals surface area contributed by atoms with Crippen LogP contribution in [0, 0.1) is 6.92 Å². The number of aryl methyl sites for hydroxylation is 1. The van der Waals surface area contributed by atoms with Gasteiger partial charge in [0, 0.05) is 5.69 Å². The molecule has 2 aromatic rings. The Morgan fingerprint density at radius 2 is 1.94 bits per heavy atom. The maximum Gasteiger partial charge on any atom is 0.141 e. The zero-order chi connectivity index (χ0) is 11.7. The Morgan fingerprint density at radius 1 is 1.25 bits per heavy atom. The van der Waals surface area contributed by atoms with Crippen molar-refractivity contribution < 1.29 is 5.11 Å². The number of imidazole rings is 1. The lowest BCUT2D eigenvalue weighted by Crippen LogP contribution is -1.89. The Morgan fingerprint density at radius 3 is 2.50 bits per heavy atom. The SMILES string of the molecule is Cc1[nH]c(-c2ccccc2O)nc1C(C)C. The smallest absolute Gasteiger partial charge is 0.141 e. The van der Waals surface area contributed by atoms with Gasteiger partial charge in [0.15, 0.2) is 0 Å². The van der Waals surface area contributed by atoms with Gasteiger partial charge in [0.1, 0.15) is 11.6 Å². The first-order valence-electron chi connectivity index (χ1n) is 5.44. The summed E-state index contributed by atoms with van der Waals surface area (Å²) in [4.78, 5) is 7.74. The van der Waals surface area contributed by atoms with Gasteiger partial charge >= 0.3 is 0 Å². The molecule has 3 nitrogen and oxygen atoms in total. The molecule has 0 aliphatic carbocycles. The van der Waals surface area contributed by atoms with Gasteiger partial charge in [0.05, 0.1) is 11.3 Å². The van der Waals surface area contributed by atoms with Crippen molar-refractivity contribution in [2.45, 2.75) is 26.7 Å². The predicted octanol–water partition coefficient (Wildman–Crippen LogP) is 3.21. The molecule has 0 bridgehead atoms. The number of H-pyrrole nitrogens is 1. The Hall–Kier alpha value is -1.77. The molecule has 0 saturated carbocycles. The molecule has 0 atom stereocenters. The first-order valence-corrected chi connectivity index (χ1v) is 5.44. The van der Waals surface area contributed by atoms with Crippen LogP contribution in [-0.4, -0.2) is 15.1 Å². The van der Waals surface area contributed by atoms with E-state index in [-0.39, 0.29) is 5.75 Å². The number of phenols is 1. The molecule has 1 heterocycles. The molecule has 1 aromatic carbocycles. The maximum atomic E-state index is 9.74. The lowest BCUT2D eigenvalue weighted by Gasteiger charge is -2.00. The van der Waals surface area contributed by atoms with E-state index in [1.807, 2.05) is 19.1 Å². The number of nitrogens with zero attached hydrogens (tertiary/aromatic N) is 1. The fourth-order valence-electron chi connectivity index (χ4n) is 1.84. The number of aromatic amines is 1. The fourth-order valence-corrected chi connectivity index (χ4v) is 1.84. The molecule has 2 rings (SSSR count). The van der Waals surface area contributed by atoms with Crippen LogP contribution >= 0.6 is 0 Å². The summed E-state index contributed by atoms with van der Waals surface area (Å²) < 4.78 is 0. The lowest BCUT2D eigenvalue weighted by atomic mass is 10.1. The summed E-state index contributed by atoms with van der Waals surface area (Å²) in [6, 6.07) is 7.22. The van der Waals surface area contributed by atoms with Gasteiger partial charge in [0.2, 0.25) is 0 Å². The molecule has 0 unspecified atom stereocenters. The number of hydrogen-bond donors (Lipinski definition) is 2. The van der Waals surface area contributed by atoms with E-state index in [0.29, 0.717) is 5.92 Å².